The molecular formula is C26H37N5O7. The van der Waals surface area contributed by atoms with Gasteiger partial charge in [0.05, 0.1) is 12.5 Å². The number of carboxylic acid groups (broad SMARTS) is 2. The Morgan fingerprint density at radius 1 is 0.895 bits per heavy atom. The molecule has 0 aliphatic carbocycles. The summed E-state index contributed by atoms with van der Waals surface area (Å²) in [5.41, 5.74) is 7.17. The van der Waals surface area contributed by atoms with Gasteiger partial charge in [0.2, 0.25) is 17.7 Å². The average Bonchev–Trinajstić information content (AvgIpc) is 3.23. The Labute approximate surface area is 220 Å². The van der Waals surface area contributed by atoms with Crippen molar-refractivity contribution in [1.29, 1.82) is 0 Å². The first-order valence-electron chi connectivity index (χ1n) is 12.5. The number of aromatic amines is 1. The van der Waals surface area contributed by atoms with Crippen LogP contribution >= 0.6 is 0 Å². The van der Waals surface area contributed by atoms with E-state index in [0.717, 1.165) is 16.5 Å². The lowest BCUT2D eigenvalue weighted by atomic mass is 9.98. The maximum Gasteiger partial charge on any atom is 0.326 e. The maximum absolute atomic E-state index is 13.2. The number of carbonyl (C=O) groups excluding carboxylic acids is 3. The van der Waals surface area contributed by atoms with Crippen LogP contribution in [-0.4, -0.2) is 69.0 Å². The lowest BCUT2D eigenvalue weighted by Gasteiger charge is -2.27. The van der Waals surface area contributed by atoms with Crippen LogP contribution in [0.4, 0.5) is 0 Å². The summed E-state index contributed by atoms with van der Waals surface area (Å²) in [6, 6.07) is 2.64. The molecule has 1 heterocycles. The van der Waals surface area contributed by atoms with Gasteiger partial charge in [0.25, 0.3) is 0 Å². The molecule has 12 heteroatoms. The SMILES string of the molecule is CC(C)CC(NC(=O)C(NC(=O)C(N)CC(=O)O)C(C)C)C(=O)NC(Cc1c[nH]c2ccccc12)C(=O)O. The highest BCUT2D eigenvalue weighted by atomic mass is 16.4. The molecule has 0 saturated heterocycles. The Hall–Kier alpha value is -3.93. The minimum Gasteiger partial charge on any atom is -0.481 e. The highest BCUT2D eigenvalue weighted by Crippen LogP contribution is 2.19. The Bertz CT molecular complexity index is 1160. The molecule has 2 rings (SSSR count). The molecule has 1 aromatic carbocycles. The normalized spacial score (nSPS) is 14.5. The molecule has 1 aromatic heterocycles. The predicted molar refractivity (Wildman–Crippen MR) is 140 cm³/mol. The van der Waals surface area contributed by atoms with Crippen molar-refractivity contribution in [3.8, 4) is 0 Å². The summed E-state index contributed by atoms with van der Waals surface area (Å²) in [7, 11) is 0. The van der Waals surface area contributed by atoms with E-state index < -0.39 is 66.2 Å². The zero-order chi connectivity index (χ0) is 28.6. The predicted octanol–water partition coefficient (Wildman–Crippen LogP) is 0.754. The summed E-state index contributed by atoms with van der Waals surface area (Å²) in [4.78, 5) is 64.6. The van der Waals surface area contributed by atoms with Gasteiger partial charge in [-0.15, -0.1) is 0 Å². The highest BCUT2D eigenvalue weighted by Gasteiger charge is 2.32. The number of aromatic nitrogens is 1. The van der Waals surface area contributed by atoms with Crippen LogP contribution in [0.25, 0.3) is 10.9 Å². The summed E-state index contributed by atoms with van der Waals surface area (Å²) in [5.74, 6) is -5.07. The van der Waals surface area contributed by atoms with E-state index in [1.54, 1.807) is 20.0 Å². The number of fused-ring (bicyclic) bond motifs is 1. The van der Waals surface area contributed by atoms with E-state index in [2.05, 4.69) is 20.9 Å². The van der Waals surface area contributed by atoms with Gasteiger partial charge >= 0.3 is 11.9 Å². The number of rotatable bonds is 14. The van der Waals surface area contributed by atoms with Crippen molar-refractivity contribution in [2.24, 2.45) is 17.6 Å². The van der Waals surface area contributed by atoms with Gasteiger partial charge in [0, 0.05) is 23.5 Å². The fourth-order valence-electron chi connectivity index (χ4n) is 4.03. The third kappa shape index (κ3) is 8.58. The minimum absolute atomic E-state index is 0.0274. The number of H-pyrrole nitrogens is 1. The van der Waals surface area contributed by atoms with Gasteiger partial charge in [-0.3, -0.25) is 19.2 Å². The van der Waals surface area contributed by atoms with Gasteiger partial charge < -0.3 is 36.9 Å². The van der Waals surface area contributed by atoms with Crippen LogP contribution in [-0.2, 0) is 30.4 Å². The summed E-state index contributed by atoms with van der Waals surface area (Å²) in [6.07, 6.45) is 1.34. The van der Waals surface area contributed by atoms with Crippen molar-refractivity contribution in [2.45, 2.75) is 71.1 Å². The maximum atomic E-state index is 13.2. The molecule has 2 aromatic rings. The molecule has 4 unspecified atom stereocenters. The summed E-state index contributed by atoms with van der Waals surface area (Å²) >= 11 is 0. The smallest absolute Gasteiger partial charge is 0.326 e. The third-order valence-electron chi connectivity index (χ3n) is 6.03. The fraction of sp³-hybridized carbons (Fsp3) is 0.500. The average molecular weight is 532 g/mol. The molecule has 208 valence electrons. The van der Waals surface area contributed by atoms with Crippen LogP contribution in [0.15, 0.2) is 30.5 Å². The fourth-order valence-corrected chi connectivity index (χ4v) is 4.03. The topological polar surface area (TPSA) is 204 Å². The van der Waals surface area contributed by atoms with Gasteiger partial charge in [-0.1, -0.05) is 45.9 Å². The molecule has 0 saturated carbocycles. The Morgan fingerprint density at radius 2 is 1.53 bits per heavy atom. The van der Waals surface area contributed by atoms with E-state index in [0.29, 0.717) is 0 Å². The Kier molecular flexibility index (Phi) is 10.8. The zero-order valence-corrected chi connectivity index (χ0v) is 22.0. The van der Waals surface area contributed by atoms with E-state index in [4.69, 9.17) is 10.8 Å². The van der Waals surface area contributed by atoms with E-state index in [9.17, 15) is 29.1 Å². The van der Waals surface area contributed by atoms with Crippen molar-refractivity contribution in [1.82, 2.24) is 20.9 Å². The molecule has 0 aliphatic rings. The molecule has 0 fully saturated rings. The largest absolute Gasteiger partial charge is 0.481 e. The molecule has 8 N–H and O–H groups in total. The first-order chi connectivity index (χ1) is 17.8. The zero-order valence-electron chi connectivity index (χ0n) is 22.0. The number of benzene rings is 1. The number of hydrogen-bond donors (Lipinski definition) is 7. The number of amides is 3. The van der Waals surface area contributed by atoms with Gasteiger partial charge in [-0.2, -0.15) is 0 Å². The number of carboxylic acids is 2. The number of carbonyl (C=O) groups is 5. The van der Waals surface area contributed by atoms with Crippen molar-refractivity contribution in [3.63, 3.8) is 0 Å². The lowest BCUT2D eigenvalue weighted by molar-refractivity contribution is -0.142. The Morgan fingerprint density at radius 3 is 2.11 bits per heavy atom. The van der Waals surface area contributed by atoms with Gasteiger partial charge in [0.15, 0.2) is 0 Å². The number of nitrogens with two attached hydrogens (primary N) is 1. The van der Waals surface area contributed by atoms with Gasteiger partial charge in [0.1, 0.15) is 18.1 Å². The summed E-state index contributed by atoms with van der Waals surface area (Å²) in [5, 5.41) is 27.1. The van der Waals surface area contributed by atoms with Crippen molar-refractivity contribution in [2.75, 3.05) is 0 Å². The van der Waals surface area contributed by atoms with Crippen molar-refractivity contribution in [3.05, 3.63) is 36.0 Å². The molecule has 0 spiro atoms. The monoisotopic (exact) mass is 531 g/mol. The van der Waals surface area contributed by atoms with Gasteiger partial charge in [-0.25, -0.2) is 4.79 Å². The second kappa shape index (κ2) is 13.6. The Balaban J connectivity index is 2.16. The quantitative estimate of drug-likeness (QED) is 0.185. The van der Waals surface area contributed by atoms with Gasteiger partial charge in [-0.05, 0) is 29.9 Å². The van der Waals surface area contributed by atoms with Crippen molar-refractivity contribution < 1.29 is 34.2 Å². The van der Waals surface area contributed by atoms with Crippen molar-refractivity contribution >= 4 is 40.6 Å². The molecule has 0 radical (unpaired) electrons. The number of nitrogens with one attached hydrogen (secondary N) is 4. The van der Waals surface area contributed by atoms with E-state index in [1.165, 1.54) is 0 Å². The molecule has 3 amide bonds. The highest BCUT2D eigenvalue weighted by molar-refractivity contribution is 5.95. The van der Waals surface area contributed by atoms with Crippen LogP contribution < -0.4 is 21.7 Å². The lowest BCUT2D eigenvalue weighted by Crippen LogP contribution is -2.58. The van der Waals surface area contributed by atoms with E-state index in [-0.39, 0.29) is 18.8 Å². The summed E-state index contributed by atoms with van der Waals surface area (Å²) < 4.78 is 0. The molecular weight excluding hydrogens is 494 g/mol. The molecule has 0 aliphatic heterocycles. The molecule has 0 bridgehead atoms. The van der Waals surface area contributed by atoms with Crippen LogP contribution in [0.5, 0.6) is 0 Å². The van der Waals surface area contributed by atoms with Crippen LogP contribution in [0.2, 0.25) is 0 Å². The second-order valence-electron chi connectivity index (χ2n) is 10.1. The van der Waals surface area contributed by atoms with E-state index >= 15 is 0 Å². The van der Waals surface area contributed by atoms with Crippen LogP contribution in [0, 0.1) is 11.8 Å². The molecule has 38 heavy (non-hydrogen) atoms. The first-order valence-corrected chi connectivity index (χ1v) is 12.5. The van der Waals surface area contributed by atoms with Crippen LogP contribution in [0.3, 0.4) is 0 Å². The second-order valence-corrected chi connectivity index (χ2v) is 10.1. The third-order valence-corrected chi connectivity index (χ3v) is 6.03. The molecule has 12 nitrogen and oxygen atoms in total. The standard InChI is InChI=1S/C26H37N5O7/c1-13(2)9-19(29-25(36)22(14(3)4)31-23(34)17(27)11-21(32)33)24(35)30-20(26(37)38)10-15-12-28-18-8-6-5-7-16(15)18/h5-8,12-14,17,19-20,22,28H,9-11,27H2,1-4H3,(H,29,36)(H,30,35)(H,31,34)(H,32,33)(H,37,38). The van der Waals surface area contributed by atoms with E-state index in [1.807, 2.05) is 38.1 Å². The number of para-hydroxylation sites is 1. The molecule has 4 atom stereocenters. The number of hydrogen-bond acceptors (Lipinski definition) is 6. The van der Waals surface area contributed by atoms with Crippen LogP contribution in [0.1, 0.15) is 46.1 Å². The minimum atomic E-state index is -1.35. The first kappa shape index (κ1) is 30.3. The summed E-state index contributed by atoms with van der Waals surface area (Å²) in [6.45, 7) is 7.04. The number of aliphatic carboxylic acids is 2.